The molecule has 0 unspecified atom stereocenters. The van der Waals surface area contributed by atoms with Crippen molar-refractivity contribution >= 4 is 87.1 Å². The molecule has 1 heterocycles. The molecule has 138 valence electrons. The molecule has 1 aliphatic heterocycles. The Morgan fingerprint density at radius 2 is 1.35 bits per heavy atom. The third-order valence-electron chi connectivity index (χ3n) is 5.73. The molecule has 1 aromatic carbocycles. The summed E-state index contributed by atoms with van der Waals surface area (Å²) in [7, 11) is 0. The van der Waals surface area contributed by atoms with Gasteiger partial charge in [-0.25, -0.2) is 4.90 Å². The number of allylic oxidation sites excluding steroid dienone is 2. The molecular weight excluding hydrogens is 463 g/mol. The number of amides is 2. The van der Waals surface area contributed by atoms with E-state index in [1.807, 2.05) is 19.9 Å². The Labute approximate surface area is 180 Å². The van der Waals surface area contributed by atoms with Gasteiger partial charge < -0.3 is 0 Å². The smallest absolute Gasteiger partial charge is 0.240 e. The predicted octanol–water partition coefficient (Wildman–Crippen LogP) is 5.25. The van der Waals surface area contributed by atoms with Crippen LogP contribution in [0.4, 0.5) is 5.69 Å². The van der Waals surface area contributed by atoms with E-state index in [1.54, 1.807) is 12.1 Å². The monoisotopic (exact) mass is 471 g/mol. The number of alkyl halides is 4. The number of hydrogen-bond acceptors (Lipinski definition) is 2. The lowest BCUT2D eigenvalue weighted by molar-refractivity contribution is -0.123. The minimum absolute atomic E-state index is 0.0916. The zero-order valence-electron chi connectivity index (χ0n) is 13.4. The number of aryl methyl sites for hydroxylation is 1. The van der Waals surface area contributed by atoms with E-state index in [0.29, 0.717) is 5.69 Å². The quantitative estimate of drug-likeness (QED) is 0.412. The molecule has 26 heavy (non-hydrogen) atoms. The lowest BCUT2D eigenvalue weighted by Gasteiger charge is -2.34. The van der Waals surface area contributed by atoms with E-state index in [1.165, 1.54) is 0 Å². The maximum absolute atomic E-state index is 13.3. The second kappa shape index (κ2) is 5.46. The summed E-state index contributed by atoms with van der Waals surface area (Å²) in [6, 6.07) is 5.34. The van der Waals surface area contributed by atoms with E-state index in [0.717, 1.165) is 16.0 Å². The minimum Gasteiger partial charge on any atom is -0.274 e. The van der Waals surface area contributed by atoms with Gasteiger partial charge in [0.15, 0.2) is 4.33 Å². The second-order valence-corrected chi connectivity index (χ2v) is 10.1. The maximum Gasteiger partial charge on any atom is 0.240 e. The van der Waals surface area contributed by atoms with Crippen molar-refractivity contribution in [1.29, 1.82) is 0 Å². The molecule has 2 aliphatic carbocycles. The van der Waals surface area contributed by atoms with Crippen LogP contribution in [-0.4, -0.2) is 25.9 Å². The van der Waals surface area contributed by atoms with E-state index in [9.17, 15) is 9.59 Å². The Morgan fingerprint density at radius 1 is 0.885 bits per heavy atom. The second-order valence-electron chi connectivity index (χ2n) is 6.81. The average Bonchev–Trinajstić information content (AvgIpc) is 2.95. The topological polar surface area (TPSA) is 37.4 Å². The number of benzene rings is 1. The number of imide groups is 1. The Bertz CT molecular complexity index is 882. The highest BCUT2D eigenvalue weighted by molar-refractivity contribution is 6.67. The predicted molar refractivity (Wildman–Crippen MR) is 106 cm³/mol. The number of fused-ring (bicyclic) bond motifs is 5. The van der Waals surface area contributed by atoms with Gasteiger partial charge in [-0.1, -0.05) is 58.5 Å². The molecule has 2 fully saturated rings. The van der Waals surface area contributed by atoms with Gasteiger partial charge in [-0.15, -0.1) is 23.2 Å². The van der Waals surface area contributed by atoms with E-state index < -0.39 is 37.7 Å². The van der Waals surface area contributed by atoms with Crippen molar-refractivity contribution in [3.05, 3.63) is 39.4 Å². The van der Waals surface area contributed by atoms with E-state index >= 15 is 0 Å². The Balaban J connectivity index is 1.94. The van der Waals surface area contributed by atoms with Gasteiger partial charge in [0.25, 0.3) is 0 Å². The molecule has 0 radical (unpaired) electrons. The SMILES string of the molecule is Cc1cccc(N2C(=O)[C@H]3[C@H](C2=O)[C@@]2(Cl)C(Cl)=C(Cl)[C@@]3(Cl)C2(Cl)Cl)c1C. The van der Waals surface area contributed by atoms with Crippen LogP contribution in [0.25, 0.3) is 0 Å². The summed E-state index contributed by atoms with van der Waals surface area (Å²) < 4.78 is -1.91. The van der Waals surface area contributed by atoms with Gasteiger partial charge in [0.05, 0.1) is 27.6 Å². The van der Waals surface area contributed by atoms with Crippen LogP contribution in [0.5, 0.6) is 0 Å². The average molecular weight is 474 g/mol. The molecule has 0 N–H and O–H groups in total. The molecule has 2 amide bonds. The fraction of sp³-hybridized carbons (Fsp3) is 0.412. The van der Waals surface area contributed by atoms with Crippen molar-refractivity contribution in [2.24, 2.45) is 11.8 Å². The number of hydrogen-bond donors (Lipinski definition) is 0. The number of carbonyl (C=O) groups excluding carboxylic acids is 2. The van der Waals surface area contributed by atoms with Crippen molar-refractivity contribution < 1.29 is 9.59 Å². The van der Waals surface area contributed by atoms with Crippen molar-refractivity contribution in [1.82, 2.24) is 0 Å². The Hall–Kier alpha value is -0.160. The van der Waals surface area contributed by atoms with Gasteiger partial charge >= 0.3 is 0 Å². The van der Waals surface area contributed by atoms with Crippen molar-refractivity contribution in [2.75, 3.05) is 4.90 Å². The van der Waals surface area contributed by atoms with Crippen molar-refractivity contribution in [3.8, 4) is 0 Å². The van der Waals surface area contributed by atoms with Gasteiger partial charge in [0, 0.05) is 0 Å². The number of carbonyl (C=O) groups is 2. The molecule has 3 nitrogen and oxygen atoms in total. The number of nitrogens with zero attached hydrogens (tertiary/aromatic N) is 1. The summed E-state index contributed by atoms with van der Waals surface area (Å²) in [6.07, 6.45) is 0. The van der Waals surface area contributed by atoms with Crippen LogP contribution >= 0.6 is 69.6 Å². The van der Waals surface area contributed by atoms with Crippen LogP contribution in [0.2, 0.25) is 0 Å². The Morgan fingerprint density at radius 3 is 1.81 bits per heavy atom. The van der Waals surface area contributed by atoms with Crippen LogP contribution in [-0.2, 0) is 9.59 Å². The van der Waals surface area contributed by atoms with Crippen LogP contribution in [0.3, 0.4) is 0 Å². The van der Waals surface area contributed by atoms with E-state index in [4.69, 9.17) is 69.6 Å². The molecule has 1 saturated heterocycles. The molecule has 0 aromatic heterocycles. The first-order valence-electron chi connectivity index (χ1n) is 7.70. The maximum atomic E-state index is 13.3. The van der Waals surface area contributed by atoms with Crippen LogP contribution in [0, 0.1) is 25.7 Å². The summed E-state index contributed by atoms with van der Waals surface area (Å²) in [4.78, 5) is 24.1. The zero-order valence-corrected chi connectivity index (χ0v) is 18.0. The largest absolute Gasteiger partial charge is 0.274 e. The van der Waals surface area contributed by atoms with Gasteiger partial charge in [-0.3, -0.25) is 9.59 Å². The lowest BCUT2D eigenvalue weighted by Crippen LogP contribution is -2.50. The molecule has 4 atom stereocenters. The normalized spacial score (nSPS) is 37.8. The van der Waals surface area contributed by atoms with Crippen LogP contribution < -0.4 is 4.90 Å². The first-order valence-corrected chi connectivity index (χ1v) is 9.96. The summed E-state index contributed by atoms with van der Waals surface area (Å²) in [5.41, 5.74) is 2.20. The third-order valence-corrected chi connectivity index (χ3v) is 9.98. The molecule has 0 spiro atoms. The molecule has 1 saturated carbocycles. The van der Waals surface area contributed by atoms with E-state index in [2.05, 4.69) is 0 Å². The zero-order chi connectivity index (χ0) is 19.4. The van der Waals surface area contributed by atoms with Gasteiger partial charge in [-0.05, 0) is 31.0 Å². The fourth-order valence-corrected chi connectivity index (χ4v) is 7.14. The summed E-state index contributed by atoms with van der Waals surface area (Å²) in [5.74, 6) is -3.31. The van der Waals surface area contributed by atoms with Gasteiger partial charge in [0.2, 0.25) is 11.8 Å². The summed E-state index contributed by atoms with van der Waals surface area (Å²) in [6.45, 7) is 3.71. The molecule has 2 bridgehead atoms. The molecule has 1 aromatic rings. The Kier molecular flexibility index (Phi) is 4.03. The summed E-state index contributed by atoms with van der Waals surface area (Å²) >= 11 is 38.9. The first kappa shape index (κ1) is 19.2. The highest BCUT2D eigenvalue weighted by atomic mass is 35.5. The van der Waals surface area contributed by atoms with Crippen molar-refractivity contribution in [3.63, 3.8) is 0 Å². The van der Waals surface area contributed by atoms with Crippen molar-refractivity contribution in [2.45, 2.75) is 27.9 Å². The highest BCUT2D eigenvalue weighted by Crippen LogP contribution is 2.77. The number of halogens is 6. The minimum atomic E-state index is -1.91. The fourth-order valence-electron chi connectivity index (χ4n) is 4.21. The molecule has 9 heteroatoms. The molecule has 3 aliphatic rings. The first-order chi connectivity index (χ1) is 11.9. The lowest BCUT2D eigenvalue weighted by atomic mass is 9.84. The van der Waals surface area contributed by atoms with Gasteiger partial charge in [0.1, 0.15) is 9.75 Å². The summed E-state index contributed by atoms with van der Waals surface area (Å²) in [5, 5.41) is -0.183. The van der Waals surface area contributed by atoms with Gasteiger partial charge in [-0.2, -0.15) is 0 Å². The van der Waals surface area contributed by atoms with Crippen LogP contribution in [0.15, 0.2) is 28.3 Å². The van der Waals surface area contributed by atoms with E-state index in [-0.39, 0.29) is 10.1 Å². The molecular formula is C17H11Cl6NO2. The number of rotatable bonds is 1. The standard InChI is InChI=1S/C17H11Cl6NO2/c1-6-4-3-5-8(7(6)2)24-13(25)9-10(14(24)26)16(21)12(19)11(18)15(9,20)17(16,22)23/h3-5,9-10H,1-2H3/t9-,10-,15-,16-/m1/s1. The van der Waals surface area contributed by atoms with Crippen LogP contribution in [0.1, 0.15) is 11.1 Å². The number of anilines is 1. The third kappa shape index (κ3) is 1.77. The molecule has 4 rings (SSSR count). The highest BCUT2D eigenvalue weighted by Gasteiger charge is 2.87.